The van der Waals surface area contributed by atoms with Gasteiger partial charge in [0.25, 0.3) is 0 Å². The van der Waals surface area contributed by atoms with Gasteiger partial charge < -0.3 is 5.32 Å². The van der Waals surface area contributed by atoms with E-state index in [1.165, 1.54) is 56.3 Å². The van der Waals surface area contributed by atoms with E-state index in [4.69, 9.17) is 0 Å². The zero-order valence-electron chi connectivity index (χ0n) is 13.5. The smallest absolute Gasteiger partial charge is 0.223 e. The first-order chi connectivity index (χ1) is 10.8. The summed E-state index contributed by atoms with van der Waals surface area (Å²) in [4.78, 5) is 14.8. The second kappa shape index (κ2) is 7.77. The maximum absolute atomic E-state index is 12.3. The number of hydrogen-bond donors (Lipinski definition) is 1. The summed E-state index contributed by atoms with van der Waals surface area (Å²) in [5.74, 6) is 0.509. The van der Waals surface area contributed by atoms with Crippen LogP contribution in [0.2, 0.25) is 0 Å². The molecule has 0 aromatic heterocycles. The highest BCUT2D eigenvalue weighted by Crippen LogP contribution is 2.24. The molecular weight excluding hydrogens is 272 g/mol. The molecule has 22 heavy (non-hydrogen) atoms. The molecule has 3 nitrogen and oxygen atoms in total. The number of nitrogens with zero attached hydrogens (tertiary/aromatic N) is 1. The van der Waals surface area contributed by atoms with Crippen molar-refractivity contribution < 1.29 is 4.79 Å². The molecule has 1 heterocycles. The van der Waals surface area contributed by atoms with Crippen LogP contribution < -0.4 is 5.32 Å². The first kappa shape index (κ1) is 15.5. The fraction of sp³-hybridized carbons (Fsp3) is 0.632. The Labute approximate surface area is 134 Å². The predicted molar refractivity (Wildman–Crippen MR) is 89.4 cm³/mol. The molecule has 1 N–H and O–H groups in total. The fourth-order valence-corrected chi connectivity index (χ4v) is 3.76. The second-order valence-corrected chi connectivity index (χ2v) is 6.80. The van der Waals surface area contributed by atoms with Crippen molar-refractivity contribution in [1.82, 2.24) is 10.2 Å². The molecule has 0 bridgehead atoms. The van der Waals surface area contributed by atoms with Crippen LogP contribution in [0.4, 0.5) is 0 Å². The lowest BCUT2D eigenvalue weighted by Crippen LogP contribution is -2.32. The number of carbonyl (C=O) groups is 1. The lowest BCUT2D eigenvalue weighted by molar-refractivity contribution is -0.126. The van der Waals surface area contributed by atoms with Crippen molar-refractivity contribution >= 4 is 5.91 Å². The van der Waals surface area contributed by atoms with Crippen molar-refractivity contribution in [2.75, 3.05) is 13.1 Å². The molecular formula is C19H28N2O. The Morgan fingerprint density at radius 2 is 1.68 bits per heavy atom. The van der Waals surface area contributed by atoms with Gasteiger partial charge in [0.05, 0.1) is 0 Å². The van der Waals surface area contributed by atoms with E-state index >= 15 is 0 Å². The summed E-state index contributed by atoms with van der Waals surface area (Å²) in [6, 6.07) is 8.56. The van der Waals surface area contributed by atoms with Crippen molar-refractivity contribution in [3.05, 3.63) is 35.4 Å². The van der Waals surface area contributed by atoms with Crippen LogP contribution in [0.15, 0.2) is 24.3 Å². The average Bonchev–Trinajstić information content (AvgIpc) is 3.07. The summed E-state index contributed by atoms with van der Waals surface area (Å²) in [6.45, 7) is 4.13. The van der Waals surface area contributed by atoms with Gasteiger partial charge in [-0.05, 0) is 49.9 Å². The van der Waals surface area contributed by atoms with Gasteiger partial charge >= 0.3 is 0 Å². The van der Waals surface area contributed by atoms with Crippen molar-refractivity contribution in [3.8, 4) is 0 Å². The average molecular weight is 300 g/mol. The molecule has 120 valence electrons. The Morgan fingerprint density at radius 3 is 2.41 bits per heavy atom. The third kappa shape index (κ3) is 4.10. The standard InChI is InChI=1S/C19H28N2O/c22-19(16-8-2-1-3-9-16)20-14-17-10-4-5-11-18(17)15-21-12-6-7-13-21/h4-5,10-11,16H,1-3,6-9,12-15H2,(H,20,22). The summed E-state index contributed by atoms with van der Waals surface area (Å²) < 4.78 is 0. The van der Waals surface area contributed by atoms with Gasteiger partial charge in [-0.2, -0.15) is 0 Å². The fourth-order valence-electron chi connectivity index (χ4n) is 3.76. The quantitative estimate of drug-likeness (QED) is 0.903. The number of rotatable bonds is 5. The third-order valence-corrected chi connectivity index (χ3v) is 5.14. The van der Waals surface area contributed by atoms with Crippen molar-refractivity contribution in [2.24, 2.45) is 5.92 Å². The lowest BCUT2D eigenvalue weighted by Gasteiger charge is -2.22. The summed E-state index contributed by atoms with van der Waals surface area (Å²) in [5.41, 5.74) is 2.65. The molecule has 3 rings (SSSR count). The van der Waals surface area contributed by atoms with E-state index in [0.29, 0.717) is 6.54 Å². The number of amides is 1. The molecule has 2 fully saturated rings. The van der Waals surface area contributed by atoms with Crippen molar-refractivity contribution in [3.63, 3.8) is 0 Å². The highest BCUT2D eigenvalue weighted by Gasteiger charge is 2.21. The van der Waals surface area contributed by atoms with E-state index in [0.717, 1.165) is 19.4 Å². The second-order valence-electron chi connectivity index (χ2n) is 6.80. The van der Waals surface area contributed by atoms with Crippen LogP contribution in [-0.2, 0) is 17.9 Å². The minimum absolute atomic E-state index is 0.250. The number of carbonyl (C=O) groups excluding carboxylic acids is 1. The molecule has 1 saturated heterocycles. The molecule has 1 aromatic rings. The molecule has 1 saturated carbocycles. The van der Waals surface area contributed by atoms with Gasteiger partial charge in [0, 0.05) is 19.0 Å². The molecule has 0 radical (unpaired) electrons. The van der Waals surface area contributed by atoms with Crippen molar-refractivity contribution in [2.45, 2.75) is 58.0 Å². The van der Waals surface area contributed by atoms with Gasteiger partial charge in [-0.15, -0.1) is 0 Å². The summed E-state index contributed by atoms with van der Waals surface area (Å²) >= 11 is 0. The monoisotopic (exact) mass is 300 g/mol. The maximum atomic E-state index is 12.3. The van der Waals surface area contributed by atoms with Gasteiger partial charge in [0.1, 0.15) is 0 Å². The lowest BCUT2D eigenvalue weighted by atomic mass is 9.88. The minimum atomic E-state index is 0.250. The Hall–Kier alpha value is -1.35. The number of benzene rings is 1. The SMILES string of the molecule is O=C(NCc1ccccc1CN1CCCC1)C1CCCCC1. The van der Waals surface area contributed by atoms with E-state index in [-0.39, 0.29) is 11.8 Å². The van der Waals surface area contributed by atoms with E-state index in [2.05, 4.69) is 34.5 Å². The van der Waals surface area contributed by atoms with Crippen LogP contribution in [0.1, 0.15) is 56.1 Å². The van der Waals surface area contributed by atoms with Gasteiger partial charge in [-0.25, -0.2) is 0 Å². The predicted octanol–water partition coefficient (Wildman–Crippen LogP) is 3.48. The largest absolute Gasteiger partial charge is 0.352 e. The third-order valence-electron chi connectivity index (χ3n) is 5.14. The molecule has 1 aliphatic carbocycles. The van der Waals surface area contributed by atoms with Gasteiger partial charge in [0.15, 0.2) is 0 Å². The van der Waals surface area contributed by atoms with Crippen LogP contribution >= 0.6 is 0 Å². The molecule has 0 spiro atoms. The van der Waals surface area contributed by atoms with E-state index < -0.39 is 0 Å². The highest BCUT2D eigenvalue weighted by atomic mass is 16.1. The minimum Gasteiger partial charge on any atom is -0.352 e. The van der Waals surface area contributed by atoms with Crippen LogP contribution in [0.3, 0.4) is 0 Å². The van der Waals surface area contributed by atoms with Crippen LogP contribution in [0, 0.1) is 5.92 Å². The molecule has 1 aromatic carbocycles. The zero-order chi connectivity index (χ0) is 15.2. The zero-order valence-corrected chi connectivity index (χ0v) is 13.5. The normalized spacial score (nSPS) is 20.2. The van der Waals surface area contributed by atoms with Crippen LogP contribution in [0.25, 0.3) is 0 Å². The van der Waals surface area contributed by atoms with Gasteiger partial charge in [0.2, 0.25) is 5.91 Å². The number of hydrogen-bond acceptors (Lipinski definition) is 2. The van der Waals surface area contributed by atoms with E-state index in [9.17, 15) is 4.79 Å². The Morgan fingerprint density at radius 1 is 1.00 bits per heavy atom. The summed E-state index contributed by atoms with van der Waals surface area (Å²) in [7, 11) is 0. The van der Waals surface area contributed by atoms with E-state index in [1.807, 2.05) is 0 Å². The van der Waals surface area contributed by atoms with Crippen LogP contribution in [0.5, 0.6) is 0 Å². The number of likely N-dealkylation sites (tertiary alicyclic amines) is 1. The Balaban J connectivity index is 1.56. The molecule has 3 heteroatoms. The Bertz CT molecular complexity index is 488. The first-order valence-corrected chi connectivity index (χ1v) is 8.90. The Kier molecular flexibility index (Phi) is 5.49. The highest BCUT2D eigenvalue weighted by molar-refractivity contribution is 5.78. The summed E-state index contributed by atoms with van der Waals surface area (Å²) in [5, 5.41) is 3.18. The molecule has 0 unspecified atom stereocenters. The van der Waals surface area contributed by atoms with Gasteiger partial charge in [-0.3, -0.25) is 9.69 Å². The topological polar surface area (TPSA) is 32.3 Å². The van der Waals surface area contributed by atoms with E-state index in [1.54, 1.807) is 0 Å². The van der Waals surface area contributed by atoms with Gasteiger partial charge in [-0.1, -0.05) is 43.5 Å². The number of nitrogens with one attached hydrogen (secondary N) is 1. The van der Waals surface area contributed by atoms with Crippen molar-refractivity contribution in [1.29, 1.82) is 0 Å². The molecule has 0 atom stereocenters. The molecule has 1 aliphatic heterocycles. The maximum Gasteiger partial charge on any atom is 0.223 e. The molecule has 2 aliphatic rings. The first-order valence-electron chi connectivity index (χ1n) is 8.90. The van der Waals surface area contributed by atoms with Crippen LogP contribution in [-0.4, -0.2) is 23.9 Å². The molecule has 1 amide bonds. The summed E-state index contributed by atoms with van der Waals surface area (Å²) in [6.07, 6.45) is 8.50.